The Morgan fingerprint density at radius 2 is 2.21 bits per heavy atom. The number of hydrogen-bond donors (Lipinski definition) is 3. The Labute approximate surface area is 117 Å². The van der Waals surface area contributed by atoms with Crippen LogP contribution in [0, 0.1) is 0 Å². The molecular weight excluding hydrogens is 312 g/mol. The highest BCUT2D eigenvalue weighted by atomic mass is 79.9. The molecule has 1 aromatic heterocycles. The van der Waals surface area contributed by atoms with E-state index in [4.69, 9.17) is 0 Å². The van der Waals surface area contributed by atoms with Gasteiger partial charge in [0.15, 0.2) is 0 Å². The van der Waals surface area contributed by atoms with Crippen molar-refractivity contribution in [1.29, 1.82) is 0 Å². The molecule has 0 fully saturated rings. The molecule has 6 nitrogen and oxygen atoms in total. The smallest absolute Gasteiger partial charge is 0.264 e. The van der Waals surface area contributed by atoms with Gasteiger partial charge in [-0.1, -0.05) is 28.1 Å². The molecule has 0 saturated heterocycles. The number of carbonyl (C=O) groups is 1. The van der Waals surface area contributed by atoms with Gasteiger partial charge in [-0.15, -0.1) is 0 Å². The molecule has 2 rings (SSSR count). The van der Waals surface area contributed by atoms with E-state index >= 15 is 0 Å². The van der Waals surface area contributed by atoms with E-state index < -0.39 is 0 Å². The number of hydrogen-bond acceptors (Lipinski definition) is 3. The quantitative estimate of drug-likeness (QED) is 0.582. The van der Waals surface area contributed by atoms with Crippen molar-refractivity contribution in [3.8, 4) is 0 Å². The average molecular weight is 323 g/mol. The molecule has 1 aromatic carbocycles. The molecule has 0 saturated carbocycles. The molecule has 98 valence electrons. The lowest BCUT2D eigenvalue weighted by Gasteiger charge is -1.97. The number of aromatic amines is 2. The predicted molar refractivity (Wildman–Crippen MR) is 75.0 cm³/mol. The van der Waals surface area contributed by atoms with Crippen molar-refractivity contribution >= 4 is 28.1 Å². The Hall–Kier alpha value is -2.15. The highest BCUT2D eigenvalue weighted by Gasteiger charge is 2.03. The van der Waals surface area contributed by atoms with Crippen LogP contribution in [-0.4, -0.2) is 22.3 Å². The van der Waals surface area contributed by atoms with E-state index in [1.165, 1.54) is 6.07 Å². The lowest BCUT2D eigenvalue weighted by molar-refractivity contribution is -0.120. The van der Waals surface area contributed by atoms with Crippen molar-refractivity contribution in [3.05, 3.63) is 56.4 Å². The van der Waals surface area contributed by atoms with Crippen LogP contribution >= 0.6 is 15.9 Å². The second-order valence-corrected chi connectivity index (χ2v) is 4.72. The SMILES string of the molecule is O=C(Cc1cc(=O)[nH][nH]1)N/N=C/c1cccc(Br)c1. The molecule has 0 atom stereocenters. The van der Waals surface area contributed by atoms with Crippen LogP contribution in [0.1, 0.15) is 11.3 Å². The van der Waals surface area contributed by atoms with Crippen molar-refractivity contribution in [1.82, 2.24) is 15.6 Å². The monoisotopic (exact) mass is 322 g/mol. The Bertz CT molecular complexity index is 659. The van der Waals surface area contributed by atoms with Crippen LogP contribution in [-0.2, 0) is 11.2 Å². The minimum atomic E-state index is -0.304. The van der Waals surface area contributed by atoms with Crippen LogP contribution in [0.5, 0.6) is 0 Å². The van der Waals surface area contributed by atoms with Gasteiger partial charge in [-0.3, -0.25) is 14.7 Å². The molecule has 7 heteroatoms. The Kier molecular flexibility index (Phi) is 4.30. The molecule has 1 amide bonds. The maximum absolute atomic E-state index is 11.5. The number of amides is 1. The molecule has 0 aliphatic carbocycles. The standard InChI is InChI=1S/C12H11BrN4O2/c13-9-3-1-2-8(4-9)7-14-16-11(18)5-10-6-12(19)17-15-10/h1-4,6-7H,5H2,(H,16,18)(H2,15,17,19)/b14-7+. The first-order valence-electron chi connectivity index (χ1n) is 5.47. The summed E-state index contributed by atoms with van der Waals surface area (Å²) >= 11 is 3.34. The third kappa shape index (κ3) is 4.22. The molecule has 3 N–H and O–H groups in total. The topological polar surface area (TPSA) is 90.1 Å². The van der Waals surface area contributed by atoms with Gasteiger partial charge in [0.05, 0.1) is 12.6 Å². The lowest BCUT2D eigenvalue weighted by atomic mass is 10.2. The number of hydrazone groups is 1. The fraction of sp³-hybridized carbons (Fsp3) is 0.0833. The highest BCUT2D eigenvalue weighted by Crippen LogP contribution is 2.09. The zero-order valence-corrected chi connectivity index (χ0v) is 11.4. The normalized spacial score (nSPS) is 10.8. The summed E-state index contributed by atoms with van der Waals surface area (Å²) in [5.41, 5.74) is 3.50. The van der Waals surface area contributed by atoms with Crippen molar-refractivity contribution in [2.45, 2.75) is 6.42 Å². The second-order valence-electron chi connectivity index (χ2n) is 3.81. The molecule has 0 unspecified atom stereocenters. The summed E-state index contributed by atoms with van der Waals surface area (Å²) in [7, 11) is 0. The summed E-state index contributed by atoms with van der Waals surface area (Å²) in [6.07, 6.45) is 1.61. The molecule has 19 heavy (non-hydrogen) atoms. The van der Waals surface area contributed by atoms with Gasteiger partial charge in [-0.2, -0.15) is 5.10 Å². The zero-order chi connectivity index (χ0) is 13.7. The van der Waals surface area contributed by atoms with Gasteiger partial charge in [0.25, 0.3) is 5.56 Å². The van der Waals surface area contributed by atoms with E-state index in [1.54, 1.807) is 6.21 Å². The fourth-order valence-electron chi connectivity index (χ4n) is 1.45. The summed E-state index contributed by atoms with van der Waals surface area (Å²) in [6.45, 7) is 0. The van der Waals surface area contributed by atoms with E-state index in [-0.39, 0.29) is 17.9 Å². The number of halogens is 1. The largest absolute Gasteiger partial charge is 0.302 e. The average Bonchev–Trinajstić information content (AvgIpc) is 2.75. The number of carbonyl (C=O) groups excluding carboxylic acids is 1. The second kappa shape index (κ2) is 6.14. The molecule has 0 aliphatic rings. The number of benzene rings is 1. The van der Waals surface area contributed by atoms with Gasteiger partial charge in [-0.25, -0.2) is 5.43 Å². The van der Waals surface area contributed by atoms with Crippen LogP contribution in [0.25, 0.3) is 0 Å². The maximum Gasteiger partial charge on any atom is 0.264 e. The van der Waals surface area contributed by atoms with Crippen LogP contribution in [0.2, 0.25) is 0 Å². The third-order valence-electron chi connectivity index (χ3n) is 2.25. The maximum atomic E-state index is 11.5. The van der Waals surface area contributed by atoms with Crippen molar-refractivity contribution in [2.24, 2.45) is 5.10 Å². The summed E-state index contributed by atoms with van der Waals surface area (Å²) in [5.74, 6) is -0.304. The summed E-state index contributed by atoms with van der Waals surface area (Å²) in [6, 6.07) is 8.84. The molecule has 0 spiro atoms. The van der Waals surface area contributed by atoms with Crippen molar-refractivity contribution in [2.75, 3.05) is 0 Å². The van der Waals surface area contributed by atoms with E-state index in [2.05, 4.69) is 36.7 Å². The van der Waals surface area contributed by atoms with E-state index in [0.29, 0.717) is 5.69 Å². The number of aromatic nitrogens is 2. The fourth-order valence-corrected chi connectivity index (χ4v) is 1.86. The van der Waals surface area contributed by atoms with Gasteiger partial charge in [-0.05, 0) is 17.7 Å². The first kappa shape index (κ1) is 13.3. The third-order valence-corrected chi connectivity index (χ3v) is 2.75. The molecular formula is C12H11BrN4O2. The van der Waals surface area contributed by atoms with E-state index in [0.717, 1.165) is 10.0 Å². The first-order chi connectivity index (χ1) is 9.13. The molecule has 0 bridgehead atoms. The molecule has 1 heterocycles. The van der Waals surface area contributed by atoms with Crippen LogP contribution in [0.15, 0.2) is 44.7 Å². The Balaban J connectivity index is 1.88. The van der Waals surface area contributed by atoms with E-state index in [1.807, 2.05) is 24.3 Å². The van der Waals surface area contributed by atoms with Crippen molar-refractivity contribution in [3.63, 3.8) is 0 Å². The predicted octanol–water partition coefficient (Wildman–Crippen LogP) is 1.16. The van der Waals surface area contributed by atoms with E-state index in [9.17, 15) is 9.59 Å². The number of rotatable bonds is 4. The van der Waals surface area contributed by atoms with Gasteiger partial charge in [0, 0.05) is 16.2 Å². The van der Waals surface area contributed by atoms with Crippen molar-refractivity contribution < 1.29 is 4.79 Å². The van der Waals surface area contributed by atoms with Crippen LogP contribution < -0.4 is 11.0 Å². The number of H-pyrrole nitrogens is 2. The summed E-state index contributed by atoms with van der Waals surface area (Å²) in [4.78, 5) is 22.4. The van der Waals surface area contributed by atoms with Gasteiger partial charge >= 0.3 is 0 Å². The van der Waals surface area contributed by atoms with Gasteiger partial charge < -0.3 is 5.10 Å². The molecule has 0 aliphatic heterocycles. The number of nitrogens with one attached hydrogen (secondary N) is 3. The Morgan fingerprint density at radius 1 is 1.37 bits per heavy atom. The highest BCUT2D eigenvalue weighted by molar-refractivity contribution is 9.10. The summed E-state index contributed by atoms with van der Waals surface area (Å²) < 4.78 is 0.938. The Morgan fingerprint density at radius 3 is 2.89 bits per heavy atom. The molecule has 0 radical (unpaired) electrons. The minimum Gasteiger partial charge on any atom is -0.302 e. The molecule has 2 aromatic rings. The van der Waals surface area contributed by atoms with Crippen LogP contribution in [0.4, 0.5) is 0 Å². The summed E-state index contributed by atoms with van der Waals surface area (Å²) in [5, 5.41) is 8.79. The number of nitrogens with zero attached hydrogens (tertiary/aromatic N) is 1. The van der Waals surface area contributed by atoms with Crippen LogP contribution in [0.3, 0.4) is 0 Å². The minimum absolute atomic E-state index is 0.0641. The van der Waals surface area contributed by atoms with Gasteiger partial charge in [0.1, 0.15) is 0 Å². The first-order valence-corrected chi connectivity index (χ1v) is 6.27. The zero-order valence-electron chi connectivity index (χ0n) is 9.81. The van der Waals surface area contributed by atoms with Gasteiger partial charge in [0.2, 0.25) is 5.91 Å². The lowest BCUT2D eigenvalue weighted by Crippen LogP contribution is -2.20.